The fourth-order valence-corrected chi connectivity index (χ4v) is 3.40. The van der Waals surface area contributed by atoms with Crippen LogP contribution in [0.4, 0.5) is 10.5 Å². The van der Waals surface area contributed by atoms with Gasteiger partial charge in [0.1, 0.15) is 12.1 Å². The van der Waals surface area contributed by atoms with Crippen LogP contribution in [0.1, 0.15) is 20.3 Å². The molecule has 1 aromatic rings. The fourth-order valence-electron chi connectivity index (χ4n) is 2.78. The third kappa shape index (κ3) is 5.99. The van der Waals surface area contributed by atoms with Crippen molar-refractivity contribution in [2.24, 2.45) is 5.92 Å². The zero-order chi connectivity index (χ0) is 20.0. The van der Waals surface area contributed by atoms with Crippen molar-refractivity contribution in [1.29, 1.82) is 0 Å². The third-order valence-corrected chi connectivity index (χ3v) is 5.16. The number of nitrogens with one attached hydrogen (secondary N) is 1. The van der Waals surface area contributed by atoms with Crippen molar-refractivity contribution in [3.63, 3.8) is 0 Å². The summed E-state index contributed by atoms with van der Waals surface area (Å²) in [7, 11) is 0. The normalized spacial score (nSPS) is 20.0. The van der Waals surface area contributed by atoms with Crippen LogP contribution in [0.25, 0.3) is 0 Å². The average molecular weight is 394 g/mol. The number of likely N-dealkylation sites (tertiary alicyclic amines) is 1. The molecule has 27 heavy (non-hydrogen) atoms. The smallest absolute Gasteiger partial charge is 0.411 e. The maximum atomic E-state index is 12.6. The van der Waals surface area contributed by atoms with Gasteiger partial charge < -0.3 is 14.7 Å². The summed E-state index contributed by atoms with van der Waals surface area (Å²) < 4.78 is 5.29. The first-order valence-corrected chi connectivity index (χ1v) is 9.45. The number of rotatable bonds is 6. The van der Waals surface area contributed by atoms with E-state index in [1.54, 1.807) is 37.3 Å². The Morgan fingerprint density at radius 3 is 2.56 bits per heavy atom. The summed E-state index contributed by atoms with van der Waals surface area (Å²) >= 11 is 1.02. The predicted octanol–water partition coefficient (Wildman–Crippen LogP) is 2.21. The van der Waals surface area contributed by atoms with Gasteiger partial charge >= 0.3 is 12.1 Å². The van der Waals surface area contributed by atoms with Gasteiger partial charge in [0.2, 0.25) is 5.91 Å². The van der Waals surface area contributed by atoms with E-state index in [4.69, 9.17) is 4.74 Å². The van der Waals surface area contributed by atoms with Crippen LogP contribution in [-0.4, -0.2) is 57.5 Å². The Hall–Kier alpha value is -2.55. The molecule has 9 heteroatoms. The lowest BCUT2D eigenvalue weighted by Gasteiger charge is -2.24. The SMILES string of the molecule is CC(=O)SCC(C)C(=O)N1C[C@@H](OC(=O)Nc2ccccc2)C[C@H]1C(=O)O. The van der Waals surface area contributed by atoms with Crippen molar-refractivity contribution >= 4 is 40.5 Å². The number of nitrogens with zero attached hydrogens (tertiary/aromatic N) is 1. The van der Waals surface area contributed by atoms with Crippen molar-refractivity contribution in [2.75, 3.05) is 17.6 Å². The van der Waals surface area contributed by atoms with Gasteiger partial charge in [-0.15, -0.1) is 0 Å². The van der Waals surface area contributed by atoms with Gasteiger partial charge in [0.25, 0.3) is 0 Å². The minimum Gasteiger partial charge on any atom is -0.480 e. The zero-order valence-corrected chi connectivity index (χ0v) is 15.9. The second-order valence-corrected chi connectivity index (χ2v) is 7.50. The number of hydrogen-bond donors (Lipinski definition) is 2. The molecule has 1 aliphatic heterocycles. The predicted molar refractivity (Wildman–Crippen MR) is 100 cm³/mol. The lowest BCUT2D eigenvalue weighted by atomic mass is 10.1. The van der Waals surface area contributed by atoms with Gasteiger partial charge in [-0.1, -0.05) is 36.9 Å². The topological polar surface area (TPSA) is 113 Å². The van der Waals surface area contributed by atoms with E-state index >= 15 is 0 Å². The molecule has 1 heterocycles. The number of benzene rings is 1. The lowest BCUT2D eigenvalue weighted by molar-refractivity contribution is -0.149. The third-order valence-electron chi connectivity index (χ3n) is 4.08. The van der Waals surface area contributed by atoms with Crippen molar-refractivity contribution in [3.05, 3.63) is 30.3 Å². The highest BCUT2D eigenvalue weighted by Crippen LogP contribution is 2.24. The summed E-state index contributed by atoms with van der Waals surface area (Å²) in [6.45, 7) is 3.06. The maximum absolute atomic E-state index is 12.6. The maximum Gasteiger partial charge on any atom is 0.411 e. The molecule has 1 aromatic carbocycles. The summed E-state index contributed by atoms with van der Waals surface area (Å²) in [4.78, 5) is 48.4. The minimum atomic E-state index is -1.15. The Bertz CT molecular complexity index is 711. The highest BCUT2D eigenvalue weighted by atomic mass is 32.2. The Morgan fingerprint density at radius 1 is 1.30 bits per heavy atom. The van der Waals surface area contributed by atoms with Crippen molar-refractivity contribution in [1.82, 2.24) is 4.90 Å². The molecule has 0 bridgehead atoms. The van der Waals surface area contributed by atoms with Crippen LogP contribution in [0.2, 0.25) is 0 Å². The molecule has 1 saturated heterocycles. The number of carbonyl (C=O) groups excluding carboxylic acids is 3. The molecule has 3 atom stereocenters. The van der Waals surface area contributed by atoms with Crippen LogP contribution in [0.5, 0.6) is 0 Å². The number of anilines is 1. The molecule has 0 aliphatic carbocycles. The Labute approximate surface area is 161 Å². The summed E-state index contributed by atoms with van der Waals surface area (Å²) in [5, 5.41) is 11.9. The van der Waals surface area contributed by atoms with Gasteiger partial charge in [-0.2, -0.15) is 0 Å². The van der Waals surface area contributed by atoms with E-state index in [1.165, 1.54) is 11.8 Å². The number of carbonyl (C=O) groups is 4. The number of carboxylic acid groups (broad SMARTS) is 1. The van der Waals surface area contributed by atoms with E-state index in [-0.39, 0.29) is 29.7 Å². The van der Waals surface area contributed by atoms with Crippen LogP contribution >= 0.6 is 11.8 Å². The summed E-state index contributed by atoms with van der Waals surface area (Å²) in [6, 6.07) is 7.65. The Kier molecular flexibility index (Phi) is 7.23. The molecule has 1 fully saturated rings. The Balaban J connectivity index is 1.96. The first kappa shape index (κ1) is 20.8. The molecule has 2 rings (SSSR count). The second kappa shape index (κ2) is 9.40. The molecule has 0 aromatic heterocycles. The van der Waals surface area contributed by atoms with E-state index in [0.29, 0.717) is 5.69 Å². The second-order valence-electron chi connectivity index (χ2n) is 6.30. The van der Waals surface area contributed by atoms with E-state index in [0.717, 1.165) is 11.8 Å². The highest BCUT2D eigenvalue weighted by Gasteiger charge is 2.42. The molecule has 146 valence electrons. The van der Waals surface area contributed by atoms with Crippen LogP contribution in [0.3, 0.4) is 0 Å². The van der Waals surface area contributed by atoms with Crippen molar-refractivity contribution in [3.8, 4) is 0 Å². The van der Waals surface area contributed by atoms with Crippen molar-refractivity contribution < 1.29 is 29.0 Å². The van der Waals surface area contributed by atoms with Gasteiger partial charge in [0.05, 0.1) is 6.54 Å². The molecule has 2 amide bonds. The van der Waals surface area contributed by atoms with Crippen LogP contribution < -0.4 is 5.32 Å². The van der Waals surface area contributed by atoms with Gasteiger partial charge in [-0.25, -0.2) is 9.59 Å². The molecule has 0 spiro atoms. The van der Waals surface area contributed by atoms with E-state index in [1.807, 2.05) is 0 Å². The first-order valence-electron chi connectivity index (χ1n) is 8.47. The van der Waals surface area contributed by atoms with E-state index in [9.17, 15) is 24.3 Å². The van der Waals surface area contributed by atoms with Gasteiger partial charge in [-0.05, 0) is 12.1 Å². The molecule has 0 saturated carbocycles. The van der Waals surface area contributed by atoms with Crippen LogP contribution in [-0.2, 0) is 19.1 Å². The molecular formula is C18H22N2O6S. The monoisotopic (exact) mass is 394 g/mol. The number of thioether (sulfide) groups is 1. The number of amides is 2. The van der Waals surface area contributed by atoms with E-state index in [2.05, 4.69) is 5.32 Å². The van der Waals surface area contributed by atoms with Crippen LogP contribution in [0.15, 0.2) is 30.3 Å². The molecule has 2 N–H and O–H groups in total. The van der Waals surface area contributed by atoms with E-state index < -0.39 is 30.1 Å². The number of para-hydroxylation sites is 1. The molecule has 0 radical (unpaired) electrons. The van der Waals surface area contributed by atoms with Crippen molar-refractivity contribution in [2.45, 2.75) is 32.4 Å². The quantitative estimate of drug-likeness (QED) is 0.760. The highest BCUT2D eigenvalue weighted by molar-refractivity contribution is 8.13. The lowest BCUT2D eigenvalue weighted by Crippen LogP contribution is -2.43. The summed E-state index contributed by atoms with van der Waals surface area (Å²) in [5.74, 6) is -1.76. The first-order chi connectivity index (χ1) is 12.8. The number of ether oxygens (including phenoxy) is 1. The molecule has 1 aliphatic rings. The minimum absolute atomic E-state index is 0.00703. The summed E-state index contributed by atoms with van der Waals surface area (Å²) in [5.41, 5.74) is 0.554. The number of hydrogen-bond acceptors (Lipinski definition) is 6. The van der Waals surface area contributed by atoms with Gasteiger partial charge in [0.15, 0.2) is 5.12 Å². The summed E-state index contributed by atoms with van der Waals surface area (Å²) in [6.07, 6.45) is -1.40. The van der Waals surface area contributed by atoms with Gasteiger partial charge in [0, 0.05) is 30.7 Å². The fraction of sp³-hybridized carbons (Fsp3) is 0.444. The average Bonchev–Trinajstić information content (AvgIpc) is 3.03. The van der Waals surface area contributed by atoms with Gasteiger partial charge in [-0.3, -0.25) is 14.9 Å². The molecule has 8 nitrogen and oxygen atoms in total. The largest absolute Gasteiger partial charge is 0.480 e. The van der Waals surface area contributed by atoms with Crippen LogP contribution in [0, 0.1) is 5.92 Å². The number of aliphatic carboxylic acids is 1. The Morgan fingerprint density at radius 2 is 1.96 bits per heavy atom. The zero-order valence-electron chi connectivity index (χ0n) is 15.1. The molecular weight excluding hydrogens is 372 g/mol. The molecule has 1 unspecified atom stereocenters. The number of carboxylic acids is 1. The standard InChI is InChI=1S/C18H22N2O6S/c1-11(10-27-12(2)21)16(22)20-9-14(8-15(20)17(23)24)26-18(25)19-13-6-4-3-5-7-13/h3-7,11,14-15H,8-10H2,1-2H3,(H,19,25)(H,23,24)/t11?,14-,15-/m0/s1.